The summed E-state index contributed by atoms with van der Waals surface area (Å²) in [7, 11) is -3.71. The summed E-state index contributed by atoms with van der Waals surface area (Å²) in [5.74, 6) is -0.427. The minimum atomic E-state index is -3.71. The number of benzene rings is 2. The molecule has 2 aromatic rings. The summed E-state index contributed by atoms with van der Waals surface area (Å²) in [5, 5.41) is 8.57. The van der Waals surface area contributed by atoms with Gasteiger partial charge in [0.05, 0.1) is 10.8 Å². The number of piperidine rings is 1. The van der Waals surface area contributed by atoms with Crippen LogP contribution in [-0.2, 0) is 21.2 Å². The van der Waals surface area contributed by atoms with Gasteiger partial charge < -0.3 is 10.2 Å². The number of hydrogen-bond donors (Lipinski definition) is 2. The molecular weight excluding hydrogens is 426 g/mol. The molecule has 3 rings (SSSR count). The fourth-order valence-electron chi connectivity index (χ4n) is 3.47. The van der Waals surface area contributed by atoms with Gasteiger partial charge in [-0.05, 0) is 61.2 Å². The van der Waals surface area contributed by atoms with E-state index in [0.717, 1.165) is 18.4 Å². The van der Waals surface area contributed by atoms with Gasteiger partial charge in [-0.3, -0.25) is 9.59 Å². The number of nitrogens with zero attached hydrogens (tertiary/aromatic N) is 1. The van der Waals surface area contributed by atoms with Crippen LogP contribution in [0.5, 0.6) is 0 Å². The first-order valence-corrected chi connectivity index (χ1v) is 11.6. The molecule has 1 heterocycles. The lowest BCUT2D eigenvalue weighted by Gasteiger charge is -2.32. The predicted molar refractivity (Wildman–Crippen MR) is 115 cm³/mol. The number of halogens is 1. The van der Waals surface area contributed by atoms with Crippen molar-refractivity contribution in [2.45, 2.75) is 24.2 Å². The average molecular weight is 450 g/mol. The Labute approximate surface area is 181 Å². The highest BCUT2D eigenvalue weighted by atomic mass is 35.5. The van der Waals surface area contributed by atoms with Crippen molar-refractivity contribution >= 4 is 33.4 Å². The van der Waals surface area contributed by atoms with Crippen LogP contribution in [-0.4, -0.2) is 44.8 Å². The quantitative estimate of drug-likeness (QED) is 0.704. The van der Waals surface area contributed by atoms with E-state index in [0.29, 0.717) is 36.6 Å². The Hall–Kier alpha value is -2.42. The van der Waals surface area contributed by atoms with Crippen LogP contribution in [0.15, 0.2) is 53.4 Å². The Bertz CT molecular complexity index is 1010. The summed E-state index contributed by atoms with van der Waals surface area (Å²) in [5.41, 5.74) is 1.45. The lowest BCUT2D eigenvalue weighted by atomic mass is 9.96. The number of nitrogens with two attached hydrogens (primary N) is 1. The van der Waals surface area contributed by atoms with Crippen LogP contribution >= 0.6 is 11.6 Å². The van der Waals surface area contributed by atoms with E-state index in [1.54, 1.807) is 41.3 Å². The van der Waals surface area contributed by atoms with E-state index in [-0.39, 0.29) is 22.6 Å². The topological polar surface area (TPSA) is 110 Å². The van der Waals surface area contributed by atoms with Crippen LogP contribution in [0.25, 0.3) is 0 Å². The van der Waals surface area contributed by atoms with Gasteiger partial charge in [-0.2, -0.15) is 0 Å². The standard InChI is InChI=1S/C21H24ClN3O4S/c22-18-7-5-16(6-8-18)21(27)25-13-1-2-17(14-25)20(26)24-12-11-15-3-9-19(10-4-15)30(23,28)29/h3-10,17H,1-2,11-14H2,(H,24,26)(H2,23,28,29)/t17-/m0/s1. The lowest BCUT2D eigenvalue weighted by molar-refractivity contribution is -0.126. The third-order valence-electron chi connectivity index (χ3n) is 5.14. The minimum absolute atomic E-state index is 0.0583. The summed E-state index contributed by atoms with van der Waals surface area (Å²) in [6, 6.07) is 13.0. The van der Waals surface area contributed by atoms with Crippen molar-refractivity contribution in [2.24, 2.45) is 11.1 Å². The molecule has 1 fully saturated rings. The second-order valence-corrected chi connectivity index (χ2v) is 9.33. The number of primary sulfonamides is 1. The molecule has 160 valence electrons. The van der Waals surface area contributed by atoms with Crippen LogP contribution in [0.4, 0.5) is 0 Å². The van der Waals surface area contributed by atoms with Gasteiger partial charge in [0.1, 0.15) is 0 Å². The van der Waals surface area contributed by atoms with Crippen LogP contribution in [0.1, 0.15) is 28.8 Å². The van der Waals surface area contributed by atoms with Crippen molar-refractivity contribution in [3.63, 3.8) is 0 Å². The van der Waals surface area contributed by atoms with Gasteiger partial charge in [-0.15, -0.1) is 0 Å². The second-order valence-electron chi connectivity index (χ2n) is 7.33. The molecule has 0 aromatic heterocycles. The average Bonchev–Trinajstić information content (AvgIpc) is 2.73. The van der Waals surface area contributed by atoms with Crippen LogP contribution < -0.4 is 10.5 Å². The van der Waals surface area contributed by atoms with E-state index in [9.17, 15) is 18.0 Å². The largest absolute Gasteiger partial charge is 0.355 e. The van der Waals surface area contributed by atoms with Crippen LogP contribution in [0, 0.1) is 5.92 Å². The predicted octanol–water partition coefficient (Wildman–Crippen LogP) is 2.20. The Kier molecular flexibility index (Phi) is 7.12. The Morgan fingerprint density at radius 2 is 1.77 bits per heavy atom. The lowest BCUT2D eigenvalue weighted by Crippen LogP contribution is -2.45. The van der Waals surface area contributed by atoms with Crippen LogP contribution in [0.3, 0.4) is 0 Å². The molecule has 3 N–H and O–H groups in total. The number of carbonyl (C=O) groups is 2. The molecule has 30 heavy (non-hydrogen) atoms. The number of likely N-dealkylation sites (tertiary alicyclic amines) is 1. The van der Waals surface area contributed by atoms with Crippen molar-refractivity contribution < 1.29 is 18.0 Å². The third kappa shape index (κ3) is 5.81. The first kappa shape index (κ1) is 22.3. The fourth-order valence-corrected chi connectivity index (χ4v) is 4.11. The van der Waals surface area contributed by atoms with Gasteiger partial charge in [0.15, 0.2) is 0 Å². The minimum Gasteiger partial charge on any atom is -0.355 e. The fraction of sp³-hybridized carbons (Fsp3) is 0.333. The number of hydrogen-bond acceptors (Lipinski definition) is 4. The van der Waals surface area contributed by atoms with Crippen molar-refractivity contribution in [2.75, 3.05) is 19.6 Å². The molecule has 0 radical (unpaired) electrons. The number of carbonyl (C=O) groups excluding carboxylic acids is 2. The summed E-state index contributed by atoms with van der Waals surface area (Å²) >= 11 is 5.88. The van der Waals surface area contributed by atoms with Gasteiger partial charge in [-0.25, -0.2) is 13.6 Å². The van der Waals surface area contributed by atoms with Gasteiger partial charge in [0.25, 0.3) is 5.91 Å². The van der Waals surface area contributed by atoms with E-state index in [1.807, 2.05) is 0 Å². The maximum absolute atomic E-state index is 12.7. The highest BCUT2D eigenvalue weighted by Gasteiger charge is 2.28. The zero-order valence-electron chi connectivity index (χ0n) is 16.4. The maximum atomic E-state index is 12.7. The van der Waals surface area contributed by atoms with Crippen LogP contribution in [0.2, 0.25) is 5.02 Å². The molecule has 1 aliphatic heterocycles. The molecule has 1 saturated heterocycles. The SMILES string of the molecule is NS(=O)(=O)c1ccc(CCNC(=O)[C@H]2CCCN(C(=O)c3ccc(Cl)cc3)C2)cc1. The van der Waals surface area contributed by atoms with E-state index >= 15 is 0 Å². The molecule has 1 aliphatic rings. The van der Waals surface area contributed by atoms with E-state index in [1.165, 1.54) is 12.1 Å². The number of rotatable bonds is 6. The maximum Gasteiger partial charge on any atom is 0.253 e. The second kappa shape index (κ2) is 9.59. The Morgan fingerprint density at radius 1 is 1.10 bits per heavy atom. The smallest absolute Gasteiger partial charge is 0.253 e. The summed E-state index contributed by atoms with van der Waals surface area (Å²) in [4.78, 5) is 27.0. The first-order valence-electron chi connectivity index (χ1n) is 9.68. The van der Waals surface area contributed by atoms with Gasteiger partial charge in [0, 0.05) is 30.2 Å². The highest BCUT2D eigenvalue weighted by molar-refractivity contribution is 7.89. The summed E-state index contributed by atoms with van der Waals surface area (Å²) in [6.07, 6.45) is 2.07. The summed E-state index contributed by atoms with van der Waals surface area (Å²) in [6.45, 7) is 1.44. The van der Waals surface area contributed by atoms with Crippen molar-refractivity contribution in [1.29, 1.82) is 0 Å². The van der Waals surface area contributed by atoms with Gasteiger partial charge in [0.2, 0.25) is 15.9 Å². The first-order chi connectivity index (χ1) is 14.2. The Balaban J connectivity index is 1.50. The molecule has 0 aliphatic carbocycles. The summed E-state index contributed by atoms with van der Waals surface area (Å²) < 4.78 is 22.6. The number of amides is 2. The molecule has 0 saturated carbocycles. The zero-order chi connectivity index (χ0) is 21.7. The third-order valence-corrected chi connectivity index (χ3v) is 6.32. The number of nitrogens with one attached hydrogen (secondary N) is 1. The molecule has 2 amide bonds. The number of sulfonamides is 1. The van der Waals surface area contributed by atoms with Crippen molar-refractivity contribution in [3.8, 4) is 0 Å². The van der Waals surface area contributed by atoms with E-state index in [4.69, 9.17) is 16.7 Å². The Morgan fingerprint density at radius 3 is 2.40 bits per heavy atom. The zero-order valence-corrected chi connectivity index (χ0v) is 18.0. The highest BCUT2D eigenvalue weighted by Crippen LogP contribution is 2.20. The van der Waals surface area contributed by atoms with E-state index in [2.05, 4.69) is 5.32 Å². The molecule has 1 atom stereocenters. The molecule has 0 spiro atoms. The van der Waals surface area contributed by atoms with Gasteiger partial charge in [-0.1, -0.05) is 23.7 Å². The molecule has 0 bridgehead atoms. The molecule has 9 heteroatoms. The molecular formula is C21H24ClN3O4S. The van der Waals surface area contributed by atoms with Crippen molar-refractivity contribution in [3.05, 3.63) is 64.7 Å². The van der Waals surface area contributed by atoms with Crippen molar-refractivity contribution in [1.82, 2.24) is 10.2 Å². The molecule has 2 aromatic carbocycles. The molecule has 0 unspecified atom stereocenters. The van der Waals surface area contributed by atoms with E-state index < -0.39 is 10.0 Å². The monoisotopic (exact) mass is 449 g/mol. The van der Waals surface area contributed by atoms with Gasteiger partial charge >= 0.3 is 0 Å². The molecule has 7 nitrogen and oxygen atoms in total. The normalized spacial score (nSPS) is 16.9.